The lowest BCUT2D eigenvalue weighted by Crippen LogP contribution is -2.45. The van der Waals surface area contributed by atoms with Crippen LogP contribution in [0.3, 0.4) is 0 Å². The van der Waals surface area contributed by atoms with Crippen molar-refractivity contribution in [3.63, 3.8) is 0 Å². The van der Waals surface area contributed by atoms with Crippen molar-refractivity contribution >= 4 is 12.4 Å². The molecule has 1 heterocycles. The zero-order valence-electron chi connectivity index (χ0n) is 11.1. The van der Waals surface area contributed by atoms with Crippen LogP contribution in [0, 0.1) is 12.7 Å². The van der Waals surface area contributed by atoms with Crippen LogP contribution in [0.15, 0.2) is 18.2 Å². The van der Waals surface area contributed by atoms with Gasteiger partial charge in [0.15, 0.2) is 0 Å². The summed E-state index contributed by atoms with van der Waals surface area (Å²) >= 11 is 0. The molecule has 18 heavy (non-hydrogen) atoms. The summed E-state index contributed by atoms with van der Waals surface area (Å²) in [6, 6.07) is 5.81. The SMILES string of the molecule is CC[C@@H](c1ccc(C)cc1F)N1CCNCC1.Cl. The molecule has 0 amide bonds. The van der Waals surface area contributed by atoms with Crippen LogP contribution < -0.4 is 5.32 Å². The van der Waals surface area contributed by atoms with Gasteiger partial charge >= 0.3 is 0 Å². The van der Waals surface area contributed by atoms with Crippen molar-refractivity contribution in [2.24, 2.45) is 0 Å². The van der Waals surface area contributed by atoms with Gasteiger partial charge in [0.1, 0.15) is 5.82 Å². The Kier molecular flexibility index (Phi) is 6.06. The predicted octanol–water partition coefficient (Wildman–Crippen LogP) is 2.91. The quantitative estimate of drug-likeness (QED) is 0.910. The van der Waals surface area contributed by atoms with Crippen molar-refractivity contribution in [2.45, 2.75) is 26.3 Å². The van der Waals surface area contributed by atoms with Crippen molar-refractivity contribution in [3.8, 4) is 0 Å². The third-order valence-electron chi connectivity index (χ3n) is 3.49. The number of hydrogen-bond acceptors (Lipinski definition) is 2. The minimum absolute atomic E-state index is 0. The van der Waals surface area contributed by atoms with Crippen LogP contribution in [0.25, 0.3) is 0 Å². The van der Waals surface area contributed by atoms with Gasteiger partial charge in [-0.2, -0.15) is 0 Å². The highest BCUT2D eigenvalue weighted by atomic mass is 35.5. The van der Waals surface area contributed by atoms with E-state index in [1.54, 1.807) is 6.07 Å². The van der Waals surface area contributed by atoms with Crippen LogP contribution in [0.1, 0.15) is 30.5 Å². The lowest BCUT2D eigenvalue weighted by molar-refractivity contribution is 0.166. The van der Waals surface area contributed by atoms with Crippen LogP contribution in [-0.2, 0) is 0 Å². The van der Waals surface area contributed by atoms with E-state index in [2.05, 4.69) is 17.1 Å². The molecule has 2 rings (SSSR count). The summed E-state index contributed by atoms with van der Waals surface area (Å²) < 4.78 is 14.0. The van der Waals surface area contributed by atoms with Crippen molar-refractivity contribution in [3.05, 3.63) is 35.1 Å². The molecule has 2 nitrogen and oxygen atoms in total. The van der Waals surface area contributed by atoms with E-state index in [1.165, 1.54) is 0 Å². The van der Waals surface area contributed by atoms with E-state index in [0.29, 0.717) is 0 Å². The molecule has 1 aromatic carbocycles. The second-order valence-electron chi connectivity index (χ2n) is 4.73. The number of nitrogens with zero attached hydrogens (tertiary/aromatic N) is 1. The minimum Gasteiger partial charge on any atom is -0.314 e. The Hall–Kier alpha value is -0.640. The van der Waals surface area contributed by atoms with Crippen LogP contribution in [-0.4, -0.2) is 31.1 Å². The molecule has 4 heteroatoms. The Bertz CT molecular complexity index is 378. The first-order valence-electron chi connectivity index (χ1n) is 6.43. The van der Waals surface area contributed by atoms with E-state index < -0.39 is 0 Å². The highest BCUT2D eigenvalue weighted by molar-refractivity contribution is 5.85. The summed E-state index contributed by atoms with van der Waals surface area (Å²) in [6.45, 7) is 8.08. The zero-order chi connectivity index (χ0) is 12.3. The molecule has 0 saturated carbocycles. The molecule has 1 aliphatic rings. The van der Waals surface area contributed by atoms with Crippen molar-refractivity contribution in [2.75, 3.05) is 26.2 Å². The Morgan fingerprint density at radius 2 is 2.00 bits per heavy atom. The molecule has 0 aromatic heterocycles. The maximum Gasteiger partial charge on any atom is 0.128 e. The number of piperazine rings is 1. The van der Waals surface area contributed by atoms with Crippen LogP contribution in [0.2, 0.25) is 0 Å². The largest absolute Gasteiger partial charge is 0.314 e. The van der Waals surface area contributed by atoms with E-state index in [4.69, 9.17) is 0 Å². The summed E-state index contributed by atoms with van der Waals surface area (Å²) in [5.41, 5.74) is 1.83. The fourth-order valence-electron chi connectivity index (χ4n) is 2.57. The van der Waals surface area contributed by atoms with Crippen molar-refractivity contribution in [1.29, 1.82) is 0 Å². The summed E-state index contributed by atoms with van der Waals surface area (Å²) in [7, 11) is 0. The van der Waals surface area contributed by atoms with Gasteiger partial charge in [-0.15, -0.1) is 12.4 Å². The van der Waals surface area contributed by atoms with Gasteiger partial charge in [0.2, 0.25) is 0 Å². The summed E-state index contributed by atoms with van der Waals surface area (Å²) in [5, 5.41) is 3.33. The first kappa shape index (κ1) is 15.4. The van der Waals surface area contributed by atoms with Gasteiger partial charge in [-0.05, 0) is 25.0 Å². The smallest absolute Gasteiger partial charge is 0.128 e. The van der Waals surface area contributed by atoms with Crippen LogP contribution in [0.4, 0.5) is 4.39 Å². The topological polar surface area (TPSA) is 15.3 Å². The second kappa shape index (κ2) is 7.07. The monoisotopic (exact) mass is 272 g/mol. The summed E-state index contributed by atoms with van der Waals surface area (Å²) in [5.74, 6) is -0.0598. The highest BCUT2D eigenvalue weighted by Crippen LogP contribution is 2.27. The minimum atomic E-state index is -0.0598. The molecule has 1 saturated heterocycles. The van der Waals surface area contributed by atoms with E-state index in [0.717, 1.165) is 43.7 Å². The zero-order valence-corrected chi connectivity index (χ0v) is 11.9. The third kappa shape index (κ3) is 3.44. The van der Waals surface area contributed by atoms with Gasteiger partial charge in [-0.3, -0.25) is 4.90 Å². The second-order valence-corrected chi connectivity index (χ2v) is 4.73. The number of halogens is 2. The number of nitrogens with one attached hydrogen (secondary N) is 1. The first-order valence-corrected chi connectivity index (χ1v) is 6.43. The first-order chi connectivity index (χ1) is 8.22. The average molecular weight is 273 g/mol. The normalized spacial score (nSPS) is 18.2. The van der Waals surface area contributed by atoms with Gasteiger partial charge < -0.3 is 5.32 Å². The molecule has 1 atom stereocenters. The fourth-order valence-corrected chi connectivity index (χ4v) is 2.57. The number of hydrogen-bond donors (Lipinski definition) is 1. The average Bonchev–Trinajstić information content (AvgIpc) is 2.34. The molecule has 0 bridgehead atoms. The molecule has 0 spiro atoms. The Morgan fingerprint density at radius 3 is 2.56 bits per heavy atom. The molecule has 1 N–H and O–H groups in total. The molecule has 102 valence electrons. The van der Waals surface area contributed by atoms with E-state index in [1.807, 2.05) is 19.1 Å². The summed E-state index contributed by atoms with van der Waals surface area (Å²) in [4.78, 5) is 2.38. The lowest BCUT2D eigenvalue weighted by Gasteiger charge is -2.34. The molecule has 1 aromatic rings. The van der Waals surface area contributed by atoms with E-state index >= 15 is 0 Å². The predicted molar refractivity (Wildman–Crippen MR) is 75.9 cm³/mol. The van der Waals surface area contributed by atoms with E-state index in [9.17, 15) is 4.39 Å². The van der Waals surface area contributed by atoms with Crippen LogP contribution in [0.5, 0.6) is 0 Å². The summed E-state index contributed by atoms with van der Waals surface area (Å²) in [6.07, 6.45) is 0.958. The molecule has 0 radical (unpaired) electrons. The maximum absolute atomic E-state index is 14.0. The molecule has 1 fully saturated rings. The number of aryl methyl sites for hydroxylation is 1. The molecule has 0 aliphatic carbocycles. The van der Waals surface area contributed by atoms with Crippen molar-refractivity contribution < 1.29 is 4.39 Å². The van der Waals surface area contributed by atoms with Gasteiger partial charge in [0, 0.05) is 37.8 Å². The molecular weight excluding hydrogens is 251 g/mol. The molecular formula is C14H22ClFN2. The van der Waals surface area contributed by atoms with Gasteiger partial charge in [0.05, 0.1) is 0 Å². The standard InChI is InChI=1S/C14H21FN2.ClH/c1-3-14(17-8-6-16-7-9-17)12-5-4-11(2)10-13(12)15;/h4-5,10,14,16H,3,6-9H2,1-2H3;1H/t14-;/m0./s1. The Labute approximate surface area is 115 Å². The van der Waals surface area contributed by atoms with Crippen LogP contribution >= 0.6 is 12.4 Å². The third-order valence-corrected chi connectivity index (χ3v) is 3.49. The number of benzene rings is 1. The van der Waals surface area contributed by atoms with Crippen molar-refractivity contribution in [1.82, 2.24) is 10.2 Å². The number of rotatable bonds is 3. The fraction of sp³-hybridized carbons (Fsp3) is 0.571. The van der Waals surface area contributed by atoms with Gasteiger partial charge in [-0.25, -0.2) is 4.39 Å². The highest BCUT2D eigenvalue weighted by Gasteiger charge is 2.22. The Morgan fingerprint density at radius 1 is 1.33 bits per heavy atom. The lowest BCUT2D eigenvalue weighted by atomic mass is 10.00. The van der Waals surface area contributed by atoms with Gasteiger partial charge in [-0.1, -0.05) is 19.1 Å². The van der Waals surface area contributed by atoms with E-state index in [-0.39, 0.29) is 24.3 Å². The molecule has 1 aliphatic heterocycles. The van der Waals surface area contributed by atoms with Gasteiger partial charge in [0.25, 0.3) is 0 Å². The molecule has 0 unspecified atom stereocenters. The maximum atomic E-state index is 14.0. The Balaban J connectivity index is 0.00000162.